The molecule has 1 N–H and O–H groups in total. The maximum Gasteiger partial charge on any atom is 0.221 e. The van der Waals surface area contributed by atoms with Crippen molar-refractivity contribution < 1.29 is 4.79 Å². The molecule has 0 radical (unpaired) electrons. The van der Waals surface area contributed by atoms with Crippen LogP contribution in [0.2, 0.25) is 0 Å². The Morgan fingerprint density at radius 1 is 0.852 bits per heavy atom. The summed E-state index contributed by atoms with van der Waals surface area (Å²) in [7, 11) is 0. The topological polar surface area (TPSA) is 29.1 Å². The Bertz CT molecular complexity index is 831. The fraction of sp³-hybridized carbons (Fsp3) is 0.208. The first kappa shape index (κ1) is 19.2. The molecule has 2 nitrogen and oxygen atoms in total. The van der Waals surface area contributed by atoms with E-state index in [1.807, 2.05) is 24.3 Å². The van der Waals surface area contributed by atoms with Crippen molar-refractivity contribution in [2.45, 2.75) is 25.1 Å². The molecule has 0 unspecified atom stereocenters. The van der Waals surface area contributed by atoms with Crippen molar-refractivity contribution in [3.05, 3.63) is 107 Å². The Hall–Kier alpha value is -2.52. The third-order valence-corrected chi connectivity index (χ3v) is 5.46. The van der Waals surface area contributed by atoms with Gasteiger partial charge < -0.3 is 5.32 Å². The number of aryl methyl sites for hydroxylation is 1. The predicted molar refractivity (Wildman–Crippen MR) is 115 cm³/mol. The van der Waals surface area contributed by atoms with E-state index in [-0.39, 0.29) is 11.9 Å². The Morgan fingerprint density at radius 3 is 2.11 bits per heavy atom. The summed E-state index contributed by atoms with van der Waals surface area (Å²) >= 11 is 1.79. The van der Waals surface area contributed by atoms with Crippen LogP contribution in [0, 0.1) is 6.92 Å². The lowest BCUT2D eigenvalue weighted by atomic mass is 9.97. The molecule has 138 valence electrons. The van der Waals surface area contributed by atoms with Gasteiger partial charge in [-0.3, -0.25) is 4.79 Å². The molecule has 0 fully saturated rings. The van der Waals surface area contributed by atoms with Gasteiger partial charge in [-0.25, -0.2) is 0 Å². The van der Waals surface area contributed by atoms with Gasteiger partial charge in [-0.2, -0.15) is 11.8 Å². The highest BCUT2D eigenvalue weighted by Crippen LogP contribution is 2.23. The maximum atomic E-state index is 12.6. The van der Waals surface area contributed by atoms with Crippen LogP contribution in [-0.2, 0) is 10.5 Å². The van der Waals surface area contributed by atoms with Gasteiger partial charge in [0.15, 0.2) is 0 Å². The third-order valence-electron chi connectivity index (χ3n) is 4.43. The number of amides is 1. The van der Waals surface area contributed by atoms with E-state index in [1.165, 1.54) is 11.1 Å². The molecule has 0 aromatic heterocycles. The Labute approximate surface area is 166 Å². The van der Waals surface area contributed by atoms with Gasteiger partial charge in [-0.15, -0.1) is 0 Å². The van der Waals surface area contributed by atoms with E-state index in [4.69, 9.17) is 0 Å². The van der Waals surface area contributed by atoms with Gasteiger partial charge in [0, 0.05) is 17.9 Å². The molecule has 3 aromatic rings. The zero-order valence-corrected chi connectivity index (χ0v) is 16.4. The molecular weight excluding hydrogens is 350 g/mol. The lowest BCUT2D eigenvalue weighted by Crippen LogP contribution is -2.29. The number of hydrogen-bond donors (Lipinski definition) is 1. The van der Waals surface area contributed by atoms with E-state index < -0.39 is 0 Å². The molecule has 3 aromatic carbocycles. The average Bonchev–Trinajstić information content (AvgIpc) is 2.72. The quantitative estimate of drug-likeness (QED) is 0.525. The highest BCUT2D eigenvalue weighted by molar-refractivity contribution is 7.98. The summed E-state index contributed by atoms with van der Waals surface area (Å²) in [4.78, 5) is 12.6. The van der Waals surface area contributed by atoms with Crippen molar-refractivity contribution in [2.75, 3.05) is 5.75 Å². The number of nitrogens with one attached hydrogen (secondary N) is 1. The van der Waals surface area contributed by atoms with Crippen LogP contribution >= 0.6 is 11.8 Å². The molecule has 3 rings (SSSR count). The molecule has 0 saturated carbocycles. The molecule has 0 aliphatic carbocycles. The summed E-state index contributed by atoms with van der Waals surface area (Å²) in [5.41, 5.74) is 4.72. The van der Waals surface area contributed by atoms with E-state index in [1.54, 1.807) is 11.8 Å². The van der Waals surface area contributed by atoms with Gasteiger partial charge in [0.1, 0.15) is 0 Å². The Morgan fingerprint density at radius 2 is 1.44 bits per heavy atom. The molecule has 0 aliphatic heterocycles. The SMILES string of the molecule is Cc1ccc([C@H](NC(=O)CCSCc2ccccc2)c2ccccc2)cc1. The first-order valence-corrected chi connectivity index (χ1v) is 10.4. The summed E-state index contributed by atoms with van der Waals surface area (Å²) in [5, 5.41) is 3.22. The van der Waals surface area contributed by atoms with Crippen LogP contribution in [0.15, 0.2) is 84.9 Å². The highest BCUT2D eigenvalue weighted by atomic mass is 32.2. The number of hydrogen-bond acceptors (Lipinski definition) is 2. The Balaban J connectivity index is 1.58. The second kappa shape index (κ2) is 9.98. The Kier molecular flexibility index (Phi) is 7.11. The van der Waals surface area contributed by atoms with Crippen LogP contribution in [-0.4, -0.2) is 11.7 Å². The predicted octanol–water partition coefficient (Wildman–Crippen LogP) is 5.52. The lowest BCUT2D eigenvalue weighted by molar-refractivity contribution is -0.121. The van der Waals surface area contributed by atoms with Crippen molar-refractivity contribution in [1.29, 1.82) is 0 Å². The fourth-order valence-corrected chi connectivity index (χ4v) is 3.83. The van der Waals surface area contributed by atoms with Crippen molar-refractivity contribution >= 4 is 17.7 Å². The molecule has 0 heterocycles. The highest BCUT2D eigenvalue weighted by Gasteiger charge is 2.16. The van der Waals surface area contributed by atoms with Gasteiger partial charge in [-0.05, 0) is 23.6 Å². The average molecular weight is 376 g/mol. The van der Waals surface area contributed by atoms with Crippen LogP contribution in [0.4, 0.5) is 0 Å². The van der Waals surface area contributed by atoms with Crippen LogP contribution in [0.3, 0.4) is 0 Å². The van der Waals surface area contributed by atoms with E-state index in [2.05, 4.69) is 72.9 Å². The van der Waals surface area contributed by atoms with Crippen LogP contribution in [0.5, 0.6) is 0 Å². The van der Waals surface area contributed by atoms with Gasteiger partial charge >= 0.3 is 0 Å². The number of benzene rings is 3. The van der Waals surface area contributed by atoms with E-state index in [0.29, 0.717) is 6.42 Å². The molecule has 0 saturated heterocycles. The van der Waals surface area contributed by atoms with Crippen molar-refractivity contribution in [2.24, 2.45) is 0 Å². The van der Waals surface area contributed by atoms with Crippen molar-refractivity contribution in [1.82, 2.24) is 5.32 Å². The van der Waals surface area contributed by atoms with Gasteiger partial charge in [0.2, 0.25) is 5.91 Å². The minimum absolute atomic E-state index is 0.0880. The van der Waals surface area contributed by atoms with E-state index >= 15 is 0 Å². The molecule has 1 amide bonds. The monoisotopic (exact) mass is 375 g/mol. The summed E-state index contributed by atoms with van der Waals surface area (Å²) in [5.74, 6) is 1.84. The summed E-state index contributed by atoms with van der Waals surface area (Å²) < 4.78 is 0. The first-order valence-electron chi connectivity index (χ1n) is 9.25. The van der Waals surface area contributed by atoms with E-state index in [0.717, 1.165) is 22.6 Å². The third kappa shape index (κ3) is 6.00. The molecule has 0 spiro atoms. The zero-order chi connectivity index (χ0) is 18.9. The van der Waals surface area contributed by atoms with Crippen molar-refractivity contribution in [3.8, 4) is 0 Å². The molecule has 27 heavy (non-hydrogen) atoms. The zero-order valence-electron chi connectivity index (χ0n) is 15.6. The summed E-state index contributed by atoms with van der Waals surface area (Å²) in [6.45, 7) is 2.07. The summed E-state index contributed by atoms with van der Waals surface area (Å²) in [6.07, 6.45) is 0.521. The number of thioether (sulfide) groups is 1. The lowest BCUT2D eigenvalue weighted by Gasteiger charge is -2.20. The summed E-state index contributed by atoms with van der Waals surface area (Å²) in [6, 6.07) is 28.8. The molecule has 1 atom stereocenters. The first-order chi connectivity index (χ1) is 13.2. The number of rotatable bonds is 8. The minimum Gasteiger partial charge on any atom is -0.345 e. The largest absolute Gasteiger partial charge is 0.345 e. The molecular formula is C24H25NOS. The molecule has 3 heteroatoms. The van der Waals surface area contributed by atoms with E-state index in [9.17, 15) is 4.79 Å². The fourth-order valence-electron chi connectivity index (χ4n) is 2.93. The van der Waals surface area contributed by atoms with Crippen molar-refractivity contribution in [3.63, 3.8) is 0 Å². The van der Waals surface area contributed by atoms with Crippen LogP contribution < -0.4 is 5.32 Å². The molecule has 0 aliphatic rings. The number of carbonyl (C=O) groups is 1. The normalized spacial score (nSPS) is 11.7. The number of carbonyl (C=O) groups excluding carboxylic acids is 1. The van der Waals surface area contributed by atoms with Gasteiger partial charge in [-0.1, -0.05) is 90.5 Å². The smallest absolute Gasteiger partial charge is 0.221 e. The van der Waals surface area contributed by atoms with Gasteiger partial charge in [0.25, 0.3) is 0 Å². The second-order valence-electron chi connectivity index (χ2n) is 6.61. The minimum atomic E-state index is -0.113. The van der Waals surface area contributed by atoms with Gasteiger partial charge in [0.05, 0.1) is 6.04 Å². The molecule has 0 bridgehead atoms. The maximum absolute atomic E-state index is 12.6. The second-order valence-corrected chi connectivity index (χ2v) is 7.72. The van der Waals surface area contributed by atoms with Crippen LogP contribution in [0.1, 0.15) is 34.7 Å². The standard InChI is InChI=1S/C24H25NOS/c1-19-12-14-22(15-13-19)24(21-10-6-3-7-11-21)25-23(26)16-17-27-18-20-8-4-2-5-9-20/h2-15,24H,16-18H2,1H3,(H,25,26)/t24-/m1/s1. The van der Waals surface area contributed by atoms with Crippen LogP contribution in [0.25, 0.3) is 0 Å².